The van der Waals surface area contributed by atoms with Gasteiger partial charge < -0.3 is 0 Å². The zero-order valence-corrected chi connectivity index (χ0v) is 7.65. The van der Waals surface area contributed by atoms with Crippen LogP contribution in [-0.4, -0.2) is 25.8 Å². The molecular formula is C7H9F2NO2S. The van der Waals surface area contributed by atoms with E-state index in [0.717, 1.165) is 6.07 Å². The molecule has 0 aromatic heterocycles. The predicted octanol–water partition coefficient (Wildman–Crippen LogP) is 0.970. The Balaban J connectivity index is 2.67. The van der Waals surface area contributed by atoms with Gasteiger partial charge >= 0.3 is 5.92 Å². The lowest BCUT2D eigenvalue weighted by Gasteiger charge is -2.24. The Morgan fingerprint density at radius 2 is 1.77 bits per heavy atom. The van der Waals surface area contributed by atoms with Crippen LogP contribution >= 0.6 is 0 Å². The first-order valence-electron chi connectivity index (χ1n) is 3.87. The van der Waals surface area contributed by atoms with Crippen molar-refractivity contribution in [2.75, 3.05) is 11.5 Å². The average molecular weight is 209 g/mol. The van der Waals surface area contributed by atoms with Gasteiger partial charge in [-0.15, -0.1) is 0 Å². The molecule has 0 spiro atoms. The Kier molecular flexibility index (Phi) is 2.57. The summed E-state index contributed by atoms with van der Waals surface area (Å²) in [5, 5.41) is 8.13. The minimum Gasteiger partial charge on any atom is -0.229 e. The van der Waals surface area contributed by atoms with Crippen LogP contribution in [0, 0.1) is 17.2 Å². The summed E-state index contributed by atoms with van der Waals surface area (Å²) < 4.78 is 47.2. The van der Waals surface area contributed by atoms with Crippen LogP contribution in [0.3, 0.4) is 0 Å². The highest BCUT2D eigenvalue weighted by Gasteiger charge is 2.42. The van der Waals surface area contributed by atoms with Gasteiger partial charge in [0, 0.05) is 5.92 Å². The van der Waals surface area contributed by atoms with Crippen molar-refractivity contribution in [3.05, 3.63) is 0 Å². The van der Waals surface area contributed by atoms with Gasteiger partial charge in [0.05, 0.1) is 11.5 Å². The van der Waals surface area contributed by atoms with Crippen LogP contribution in [0.15, 0.2) is 0 Å². The van der Waals surface area contributed by atoms with Gasteiger partial charge in [-0.05, 0) is 12.8 Å². The van der Waals surface area contributed by atoms with Gasteiger partial charge in [0.25, 0.3) is 0 Å². The molecule has 1 fully saturated rings. The summed E-state index contributed by atoms with van der Waals surface area (Å²) in [4.78, 5) is 0. The van der Waals surface area contributed by atoms with Gasteiger partial charge in [0.1, 0.15) is 15.9 Å². The summed E-state index contributed by atoms with van der Waals surface area (Å²) in [6.07, 6.45) is -0.216. The van der Waals surface area contributed by atoms with E-state index in [0.29, 0.717) is 0 Å². The lowest BCUT2D eigenvalue weighted by atomic mass is 9.96. The zero-order chi connectivity index (χ0) is 10.1. The van der Waals surface area contributed by atoms with Crippen molar-refractivity contribution in [1.82, 2.24) is 0 Å². The molecule has 0 saturated carbocycles. The first kappa shape index (κ1) is 10.4. The number of sulfone groups is 1. The van der Waals surface area contributed by atoms with Gasteiger partial charge in [0.15, 0.2) is 0 Å². The molecule has 6 heteroatoms. The highest BCUT2D eigenvalue weighted by atomic mass is 32.2. The quantitative estimate of drug-likeness (QED) is 0.646. The predicted molar refractivity (Wildman–Crippen MR) is 41.9 cm³/mol. The van der Waals surface area contributed by atoms with Crippen LogP contribution in [0.4, 0.5) is 8.78 Å². The largest absolute Gasteiger partial charge is 0.334 e. The van der Waals surface area contributed by atoms with Crippen molar-refractivity contribution >= 4 is 9.84 Å². The lowest BCUT2D eigenvalue weighted by molar-refractivity contribution is -0.00505. The number of rotatable bonds is 1. The molecule has 1 heterocycles. The molecule has 0 atom stereocenters. The van der Waals surface area contributed by atoms with Crippen LogP contribution in [0.5, 0.6) is 0 Å². The fourth-order valence-corrected chi connectivity index (χ4v) is 2.84. The van der Waals surface area contributed by atoms with E-state index in [9.17, 15) is 17.2 Å². The van der Waals surface area contributed by atoms with E-state index in [2.05, 4.69) is 0 Å². The molecule has 0 N–H and O–H groups in total. The van der Waals surface area contributed by atoms with E-state index in [1.165, 1.54) is 0 Å². The third-order valence-electron chi connectivity index (χ3n) is 2.22. The Morgan fingerprint density at radius 3 is 2.15 bits per heavy atom. The van der Waals surface area contributed by atoms with Crippen molar-refractivity contribution in [3.8, 4) is 6.07 Å². The fourth-order valence-electron chi connectivity index (χ4n) is 1.34. The molecule has 1 rings (SSSR count). The molecule has 1 aliphatic heterocycles. The summed E-state index contributed by atoms with van der Waals surface area (Å²) in [6.45, 7) is 0. The molecule has 74 valence electrons. The Hall–Kier alpha value is -0.700. The summed E-state index contributed by atoms with van der Waals surface area (Å²) in [5.74, 6) is -4.93. The fraction of sp³-hybridized carbons (Fsp3) is 0.857. The summed E-state index contributed by atoms with van der Waals surface area (Å²) >= 11 is 0. The second kappa shape index (κ2) is 3.22. The summed E-state index contributed by atoms with van der Waals surface area (Å²) in [6, 6.07) is 0.910. The van der Waals surface area contributed by atoms with Crippen molar-refractivity contribution in [2.45, 2.75) is 18.8 Å². The molecule has 13 heavy (non-hydrogen) atoms. The number of halogens is 2. The minimum absolute atomic E-state index is 0.108. The van der Waals surface area contributed by atoms with Crippen molar-refractivity contribution < 1.29 is 17.2 Å². The van der Waals surface area contributed by atoms with Gasteiger partial charge in [0.2, 0.25) is 0 Å². The summed E-state index contributed by atoms with van der Waals surface area (Å²) in [7, 11) is -3.13. The number of alkyl halides is 2. The highest BCUT2D eigenvalue weighted by Crippen LogP contribution is 2.33. The number of nitrogens with zero attached hydrogens (tertiary/aromatic N) is 1. The minimum atomic E-state index is -3.38. The maximum Gasteiger partial charge on any atom is 0.334 e. The highest BCUT2D eigenvalue weighted by molar-refractivity contribution is 7.91. The van der Waals surface area contributed by atoms with Gasteiger partial charge in [-0.1, -0.05) is 0 Å². The van der Waals surface area contributed by atoms with Crippen molar-refractivity contribution in [2.24, 2.45) is 5.92 Å². The first-order chi connectivity index (χ1) is 5.87. The van der Waals surface area contributed by atoms with Crippen LogP contribution in [0.25, 0.3) is 0 Å². The Morgan fingerprint density at radius 1 is 1.31 bits per heavy atom. The molecule has 0 aromatic carbocycles. The van der Waals surface area contributed by atoms with Gasteiger partial charge in [-0.25, -0.2) is 8.42 Å². The molecule has 0 aliphatic carbocycles. The third kappa shape index (κ3) is 2.37. The standard InChI is InChI=1S/C7H9F2NO2S/c8-7(9,5-10)6-1-3-13(11,12)4-2-6/h6H,1-4H2. The number of hydrogen-bond donors (Lipinski definition) is 0. The molecular weight excluding hydrogens is 200 g/mol. The zero-order valence-electron chi connectivity index (χ0n) is 6.83. The number of hydrogen-bond acceptors (Lipinski definition) is 3. The van der Waals surface area contributed by atoms with E-state index in [4.69, 9.17) is 5.26 Å². The molecule has 0 aromatic rings. The SMILES string of the molecule is N#CC(F)(F)C1CCS(=O)(=O)CC1. The van der Waals surface area contributed by atoms with E-state index in [-0.39, 0.29) is 24.3 Å². The molecule has 0 unspecified atom stereocenters. The monoisotopic (exact) mass is 209 g/mol. The first-order valence-corrected chi connectivity index (χ1v) is 5.69. The van der Waals surface area contributed by atoms with Crippen molar-refractivity contribution in [1.29, 1.82) is 5.26 Å². The van der Waals surface area contributed by atoms with E-state index >= 15 is 0 Å². The van der Waals surface area contributed by atoms with Gasteiger partial charge in [-0.3, -0.25) is 0 Å². The van der Waals surface area contributed by atoms with E-state index < -0.39 is 21.7 Å². The van der Waals surface area contributed by atoms with Crippen molar-refractivity contribution in [3.63, 3.8) is 0 Å². The molecule has 0 bridgehead atoms. The second-order valence-electron chi connectivity index (χ2n) is 3.16. The normalized spacial score (nSPS) is 23.8. The molecule has 0 radical (unpaired) electrons. The Labute approximate surface area is 75.3 Å². The smallest absolute Gasteiger partial charge is 0.229 e. The van der Waals surface area contributed by atoms with Gasteiger partial charge in [-0.2, -0.15) is 14.0 Å². The average Bonchev–Trinajstić information content (AvgIpc) is 2.04. The topological polar surface area (TPSA) is 57.9 Å². The molecule has 3 nitrogen and oxygen atoms in total. The van der Waals surface area contributed by atoms with E-state index in [1.54, 1.807) is 0 Å². The van der Waals surface area contributed by atoms with E-state index in [1.807, 2.05) is 0 Å². The maximum atomic E-state index is 12.7. The number of nitriles is 1. The molecule has 1 saturated heterocycles. The second-order valence-corrected chi connectivity index (χ2v) is 5.46. The van der Waals surface area contributed by atoms with Crippen LogP contribution in [0.2, 0.25) is 0 Å². The summed E-state index contributed by atoms with van der Waals surface area (Å²) in [5.41, 5.74) is 0. The van der Waals surface area contributed by atoms with Crippen LogP contribution < -0.4 is 0 Å². The van der Waals surface area contributed by atoms with Crippen LogP contribution in [0.1, 0.15) is 12.8 Å². The molecule has 1 aliphatic rings. The van der Waals surface area contributed by atoms with Crippen LogP contribution in [-0.2, 0) is 9.84 Å². The lowest BCUT2D eigenvalue weighted by Crippen LogP contribution is -2.34. The maximum absolute atomic E-state index is 12.7. The Bertz CT molecular complexity index is 317. The molecule has 0 amide bonds. The third-order valence-corrected chi connectivity index (χ3v) is 3.93.